The quantitative estimate of drug-likeness (QED) is 0.150. The fourth-order valence-electron chi connectivity index (χ4n) is 3.92. The van der Waals surface area contributed by atoms with Gasteiger partial charge in [-0.3, -0.25) is 24.7 Å². The summed E-state index contributed by atoms with van der Waals surface area (Å²) in [6.07, 6.45) is -3.66. The number of nitrogens with one attached hydrogen (secondary N) is 1. The average Bonchev–Trinajstić information content (AvgIpc) is 3.34. The Bertz CT molecular complexity index is 1490. The minimum atomic E-state index is -4.60. The summed E-state index contributed by atoms with van der Waals surface area (Å²) < 4.78 is 44.0. The number of nitrogens with zero attached hydrogens (tertiary/aromatic N) is 4. The number of hydrogen-bond donors (Lipinski definition) is 3. The summed E-state index contributed by atoms with van der Waals surface area (Å²) in [5.74, 6) is -5.75. The van der Waals surface area contributed by atoms with E-state index >= 15 is 0 Å². The van der Waals surface area contributed by atoms with Crippen molar-refractivity contribution >= 4 is 35.1 Å². The number of nitro benzene ring substituents is 1. The predicted molar refractivity (Wildman–Crippen MR) is 144 cm³/mol. The Balaban J connectivity index is 1.82. The molecule has 230 valence electrons. The van der Waals surface area contributed by atoms with Crippen molar-refractivity contribution in [1.29, 1.82) is 0 Å². The van der Waals surface area contributed by atoms with Crippen molar-refractivity contribution in [3.8, 4) is 10.6 Å². The lowest BCUT2D eigenvalue weighted by Gasteiger charge is -2.23. The number of rotatable bonds is 11. The third-order valence-electron chi connectivity index (χ3n) is 5.77. The van der Waals surface area contributed by atoms with Crippen molar-refractivity contribution in [3.05, 3.63) is 68.5 Å². The number of aryl methyl sites for hydroxylation is 1. The number of carboxylic acid groups (broad SMARTS) is 2. The van der Waals surface area contributed by atoms with Crippen LogP contribution in [0.15, 0.2) is 36.5 Å². The van der Waals surface area contributed by atoms with Crippen LogP contribution in [0.1, 0.15) is 54.9 Å². The van der Waals surface area contributed by atoms with Gasteiger partial charge in [0.15, 0.2) is 5.92 Å². The monoisotopic (exact) mass is 625 g/mol. The van der Waals surface area contributed by atoms with Crippen molar-refractivity contribution < 1.29 is 47.4 Å². The number of ether oxygens (including phenoxy) is 1. The predicted octanol–water partition coefficient (Wildman–Crippen LogP) is 4.85. The highest BCUT2D eigenvalue weighted by molar-refractivity contribution is 7.14. The van der Waals surface area contributed by atoms with Gasteiger partial charge in [0.2, 0.25) is 0 Å². The Morgan fingerprint density at radius 3 is 2.30 bits per heavy atom. The second-order valence-corrected chi connectivity index (χ2v) is 11.3. The minimum Gasteiger partial charge on any atom is -0.480 e. The maximum atomic E-state index is 12.9. The normalized spacial score (nSPS) is 12.5. The van der Waals surface area contributed by atoms with Gasteiger partial charge in [-0.2, -0.15) is 13.2 Å². The van der Waals surface area contributed by atoms with Crippen LogP contribution in [0.2, 0.25) is 0 Å². The number of alkyl halides is 3. The van der Waals surface area contributed by atoms with Crippen molar-refractivity contribution in [2.24, 2.45) is 0 Å². The molecule has 2 aromatic heterocycles. The molecular formula is C26H26F3N5O8S. The summed E-state index contributed by atoms with van der Waals surface area (Å²) in [5, 5.41) is 41.6. The zero-order chi connectivity index (χ0) is 32.1. The summed E-state index contributed by atoms with van der Waals surface area (Å²) in [6, 6.07) is 4.84. The smallest absolute Gasteiger partial charge is 0.433 e. The van der Waals surface area contributed by atoms with Crippen LogP contribution < -0.4 is 5.32 Å². The molecule has 0 bridgehead atoms. The SMILES string of the molecule is CC(C)(C)OC(=O)N[C@H](CCc1nnc(-c2ccc([N+](=O)[O-])c(C(C(=O)O)C(=O)O)c2)s1)Cc1ccc(C(F)(F)F)nc1. The van der Waals surface area contributed by atoms with E-state index in [9.17, 15) is 47.9 Å². The number of amides is 1. The number of aromatic nitrogens is 3. The Hall–Kier alpha value is -4.67. The van der Waals surface area contributed by atoms with Crippen LogP contribution in [0.3, 0.4) is 0 Å². The molecule has 43 heavy (non-hydrogen) atoms. The highest BCUT2D eigenvalue weighted by atomic mass is 32.1. The number of nitro groups is 1. The van der Waals surface area contributed by atoms with E-state index < -0.39 is 63.6 Å². The molecule has 0 spiro atoms. The number of pyridine rings is 1. The van der Waals surface area contributed by atoms with Crippen LogP contribution in [0, 0.1) is 10.1 Å². The molecule has 3 aromatic rings. The first-order chi connectivity index (χ1) is 19.9. The van der Waals surface area contributed by atoms with E-state index in [2.05, 4.69) is 20.5 Å². The molecule has 2 heterocycles. The van der Waals surface area contributed by atoms with E-state index in [1.807, 2.05) is 0 Å². The fraction of sp³-hybridized carbons (Fsp3) is 0.385. The summed E-state index contributed by atoms with van der Waals surface area (Å²) in [7, 11) is 0. The molecule has 0 aliphatic carbocycles. The van der Waals surface area contributed by atoms with Gasteiger partial charge in [-0.25, -0.2) is 4.79 Å². The molecule has 1 aromatic carbocycles. The van der Waals surface area contributed by atoms with Crippen LogP contribution in [-0.2, 0) is 33.3 Å². The molecule has 0 saturated heterocycles. The molecular weight excluding hydrogens is 599 g/mol. The van der Waals surface area contributed by atoms with Gasteiger partial charge in [0.05, 0.1) is 10.5 Å². The second-order valence-electron chi connectivity index (χ2n) is 10.3. The number of hydrogen-bond acceptors (Lipinski definition) is 10. The number of carboxylic acids is 2. The van der Waals surface area contributed by atoms with Crippen LogP contribution in [0.5, 0.6) is 0 Å². The van der Waals surface area contributed by atoms with Gasteiger partial charge in [-0.05, 0) is 57.4 Å². The molecule has 0 fully saturated rings. The van der Waals surface area contributed by atoms with E-state index in [-0.39, 0.29) is 29.8 Å². The van der Waals surface area contributed by atoms with E-state index in [4.69, 9.17) is 4.74 Å². The number of benzene rings is 1. The fourth-order valence-corrected chi connectivity index (χ4v) is 4.77. The standard InChI is InChI=1S/C26H26F3N5O8S/c1-25(2,3)42-24(39)31-15(10-13-4-8-18(30-12-13)26(27,28)29)6-9-19-32-33-21(43-19)14-5-7-17(34(40)41)16(11-14)20(22(35)36)23(37)38/h4-5,7-8,11-12,15,20H,6,9-10H2,1-3H3,(H,31,39)(H,35,36)(H,37,38)/t15-/m1/s1. The van der Waals surface area contributed by atoms with Gasteiger partial charge in [0.25, 0.3) is 5.69 Å². The number of carbonyl (C=O) groups excluding carboxylic acids is 1. The molecule has 0 aliphatic rings. The van der Waals surface area contributed by atoms with Crippen LogP contribution in [-0.4, -0.2) is 60.0 Å². The molecule has 0 saturated carbocycles. The molecule has 0 unspecified atom stereocenters. The van der Waals surface area contributed by atoms with E-state index in [1.54, 1.807) is 20.8 Å². The van der Waals surface area contributed by atoms with Gasteiger partial charge < -0.3 is 20.3 Å². The number of halogens is 3. The third-order valence-corrected chi connectivity index (χ3v) is 6.80. The number of alkyl carbamates (subject to hydrolysis) is 1. The van der Waals surface area contributed by atoms with E-state index in [1.165, 1.54) is 12.1 Å². The zero-order valence-corrected chi connectivity index (χ0v) is 23.7. The highest BCUT2D eigenvalue weighted by Crippen LogP contribution is 2.34. The molecule has 3 rings (SSSR count). The Morgan fingerprint density at radius 2 is 1.77 bits per heavy atom. The zero-order valence-electron chi connectivity index (χ0n) is 22.9. The van der Waals surface area contributed by atoms with E-state index in [0.29, 0.717) is 10.6 Å². The molecule has 1 atom stereocenters. The Morgan fingerprint density at radius 1 is 1.09 bits per heavy atom. The van der Waals surface area contributed by atoms with Crippen molar-refractivity contribution in [1.82, 2.24) is 20.5 Å². The lowest BCUT2D eigenvalue weighted by atomic mass is 9.95. The summed E-state index contributed by atoms with van der Waals surface area (Å²) >= 11 is 1.05. The van der Waals surface area contributed by atoms with Gasteiger partial charge in [0, 0.05) is 30.3 Å². The van der Waals surface area contributed by atoms with Crippen LogP contribution in [0.4, 0.5) is 23.7 Å². The molecule has 1 amide bonds. The third kappa shape index (κ3) is 9.16. The molecule has 17 heteroatoms. The molecule has 0 radical (unpaired) electrons. The van der Waals surface area contributed by atoms with Crippen molar-refractivity contribution in [2.45, 2.75) is 63.8 Å². The van der Waals surface area contributed by atoms with Gasteiger partial charge in [-0.15, -0.1) is 10.2 Å². The first-order valence-electron chi connectivity index (χ1n) is 12.5. The maximum Gasteiger partial charge on any atom is 0.433 e. The highest BCUT2D eigenvalue weighted by Gasteiger charge is 2.35. The van der Waals surface area contributed by atoms with Gasteiger partial charge in [0.1, 0.15) is 21.3 Å². The van der Waals surface area contributed by atoms with Gasteiger partial charge >= 0.3 is 24.2 Å². The number of aliphatic carboxylic acids is 2. The summed E-state index contributed by atoms with van der Waals surface area (Å²) in [5.41, 5.74) is -2.44. The molecule has 13 nitrogen and oxygen atoms in total. The first-order valence-corrected chi connectivity index (χ1v) is 13.3. The van der Waals surface area contributed by atoms with Crippen molar-refractivity contribution in [2.75, 3.05) is 0 Å². The van der Waals surface area contributed by atoms with Gasteiger partial charge in [-0.1, -0.05) is 17.4 Å². The largest absolute Gasteiger partial charge is 0.480 e. The first kappa shape index (κ1) is 32.8. The lowest BCUT2D eigenvalue weighted by molar-refractivity contribution is -0.385. The van der Waals surface area contributed by atoms with Crippen LogP contribution >= 0.6 is 11.3 Å². The lowest BCUT2D eigenvalue weighted by Crippen LogP contribution is -2.40. The molecule has 0 aliphatic heterocycles. The summed E-state index contributed by atoms with van der Waals surface area (Å²) in [6.45, 7) is 5.01. The summed E-state index contributed by atoms with van der Waals surface area (Å²) in [4.78, 5) is 49.5. The second kappa shape index (κ2) is 13.1. The van der Waals surface area contributed by atoms with Crippen LogP contribution in [0.25, 0.3) is 10.6 Å². The Labute approximate surface area is 245 Å². The topological polar surface area (TPSA) is 195 Å². The average molecular weight is 626 g/mol. The van der Waals surface area contributed by atoms with E-state index in [0.717, 1.165) is 35.7 Å². The maximum absolute atomic E-state index is 12.9. The Kier molecular flexibility index (Phi) is 10.0. The number of carbonyl (C=O) groups is 3. The van der Waals surface area contributed by atoms with Crippen molar-refractivity contribution in [3.63, 3.8) is 0 Å². The minimum absolute atomic E-state index is 0.119. The molecule has 3 N–H and O–H groups in total.